The van der Waals surface area contributed by atoms with Crippen molar-refractivity contribution in [3.05, 3.63) is 59.4 Å². The van der Waals surface area contributed by atoms with E-state index in [-0.39, 0.29) is 12.7 Å². The number of benzene rings is 1. The number of nitrogens with zero attached hydrogens (tertiary/aromatic N) is 4. The van der Waals surface area contributed by atoms with Gasteiger partial charge < -0.3 is 14.8 Å². The number of hydrogen-bond acceptors (Lipinski definition) is 6. The molecule has 0 unspecified atom stereocenters. The van der Waals surface area contributed by atoms with Crippen molar-refractivity contribution in [1.82, 2.24) is 24.8 Å². The lowest BCUT2D eigenvalue weighted by atomic mass is 10.1. The van der Waals surface area contributed by atoms with Gasteiger partial charge in [-0.2, -0.15) is 0 Å². The highest BCUT2D eigenvalue weighted by molar-refractivity contribution is 6.29. The summed E-state index contributed by atoms with van der Waals surface area (Å²) < 4.78 is 12.3. The quantitative estimate of drug-likeness (QED) is 0.613. The zero-order valence-electron chi connectivity index (χ0n) is 15.0. The second kappa shape index (κ2) is 8.26. The SMILES string of the molecule is O=C(CCc1cc(Cl)nc(-n2ccnc2)n1)NCCc1ccc2c(c1)OCO2. The van der Waals surface area contributed by atoms with Crippen molar-refractivity contribution in [3.63, 3.8) is 0 Å². The Hall–Kier alpha value is -3.13. The van der Waals surface area contributed by atoms with Crippen LogP contribution in [-0.4, -0.2) is 38.8 Å². The number of aryl methyl sites for hydroxylation is 1. The highest BCUT2D eigenvalue weighted by Crippen LogP contribution is 2.32. The molecule has 1 aliphatic rings. The molecule has 0 atom stereocenters. The first-order chi connectivity index (χ1) is 13.7. The number of carbonyl (C=O) groups excluding carboxylic acids is 1. The van der Waals surface area contributed by atoms with Gasteiger partial charge in [-0.15, -0.1) is 0 Å². The van der Waals surface area contributed by atoms with Gasteiger partial charge in [-0.1, -0.05) is 17.7 Å². The molecule has 1 aliphatic heterocycles. The first-order valence-corrected chi connectivity index (χ1v) is 9.22. The second-order valence-electron chi connectivity index (χ2n) is 6.24. The van der Waals surface area contributed by atoms with Gasteiger partial charge in [-0.3, -0.25) is 9.36 Å². The number of hydrogen-bond donors (Lipinski definition) is 1. The molecular weight excluding hydrogens is 382 g/mol. The molecule has 1 N–H and O–H groups in total. The van der Waals surface area contributed by atoms with Crippen LogP contribution in [0.2, 0.25) is 5.15 Å². The van der Waals surface area contributed by atoms with Gasteiger partial charge in [0.2, 0.25) is 18.6 Å². The smallest absolute Gasteiger partial charge is 0.236 e. The number of imidazole rings is 1. The molecule has 2 aromatic heterocycles. The lowest BCUT2D eigenvalue weighted by molar-refractivity contribution is -0.121. The Bertz CT molecular complexity index is 978. The summed E-state index contributed by atoms with van der Waals surface area (Å²) >= 11 is 6.07. The van der Waals surface area contributed by atoms with Gasteiger partial charge in [-0.05, 0) is 36.6 Å². The topological polar surface area (TPSA) is 91.2 Å². The van der Waals surface area contributed by atoms with Crippen LogP contribution >= 0.6 is 11.6 Å². The standard InChI is InChI=1S/C19H18ClN5O3/c20-17-10-14(23-19(24-17)25-8-7-21-11-25)2-4-18(26)22-6-5-13-1-3-15-16(9-13)28-12-27-15/h1,3,7-11H,2,4-6,12H2,(H,22,26). The first-order valence-electron chi connectivity index (χ1n) is 8.84. The van der Waals surface area contributed by atoms with Gasteiger partial charge in [0.1, 0.15) is 11.5 Å². The normalized spacial score (nSPS) is 12.2. The van der Waals surface area contributed by atoms with E-state index in [1.807, 2.05) is 18.2 Å². The lowest BCUT2D eigenvalue weighted by Crippen LogP contribution is -2.26. The van der Waals surface area contributed by atoms with Crippen LogP contribution in [0.25, 0.3) is 5.95 Å². The molecule has 8 nitrogen and oxygen atoms in total. The maximum absolute atomic E-state index is 12.1. The van der Waals surface area contributed by atoms with E-state index in [9.17, 15) is 4.79 Å². The number of fused-ring (bicyclic) bond motifs is 1. The van der Waals surface area contributed by atoms with Crippen LogP contribution in [0, 0.1) is 0 Å². The van der Waals surface area contributed by atoms with Crippen molar-refractivity contribution >= 4 is 17.5 Å². The summed E-state index contributed by atoms with van der Waals surface area (Å²) in [6.45, 7) is 0.800. The molecule has 0 fully saturated rings. The van der Waals surface area contributed by atoms with Gasteiger partial charge >= 0.3 is 0 Å². The highest BCUT2D eigenvalue weighted by Gasteiger charge is 2.13. The summed E-state index contributed by atoms with van der Waals surface area (Å²) in [5.41, 5.74) is 1.78. The zero-order chi connectivity index (χ0) is 19.3. The summed E-state index contributed by atoms with van der Waals surface area (Å²) in [6.07, 6.45) is 6.47. The largest absolute Gasteiger partial charge is 0.454 e. The Labute approximate surface area is 166 Å². The molecular formula is C19H18ClN5O3. The van der Waals surface area contributed by atoms with Crippen molar-refractivity contribution in [3.8, 4) is 17.4 Å². The predicted molar refractivity (Wildman–Crippen MR) is 102 cm³/mol. The Morgan fingerprint density at radius 3 is 2.93 bits per heavy atom. The fourth-order valence-electron chi connectivity index (χ4n) is 2.84. The number of carbonyl (C=O) groups is 1. The molecule has 0 aliphatic carbocycles. The fraction of sp³-hybridized carbons (Fsp3) is 0.263. The van der Waals surface area contributed by atoms with E-state index in [1.54, 1.807) is 29.4 Å². The number of ether oxygens (including phenoxy) is 2. The minimum Gasteiger partial charge on any atom is -0.454 e. The summed E-state index contributed by atoms with van der Waals surface area (Å²) in [6, 6.07) is 7.47. The van der Waals surface area contributed by atoms with Gasteiger partial charge in [0, 0.05) is 31.1 Å². The molecule has 3 aromatic rings. The van der Waals surface area contributed by atoms with E-state index in [2.05, 4.69) is 20.3 Å². The number of amides is 1. The van der Waals surface area contributed by atoms with Crippen LogP contribution in [0.1, 0.15) is 17.7 Å². The minimum atomic E-state index is -0.0420. The molecule has 0 radical (unpaired) electrons. The van der Waals surface area contributed by atoms with Crippen molar-refractivity contribution in [1.29, 1.82) is 0 Å². The van der Waals surface area contributed by atoms with Crippen LogP contribution in [0.15, 0.2) is 43.0 Å². The molecule has 0 spiro atoms. The molecule has 0 saturated carbocycles. The van der Waals surface area contributed by atoms with Crippen molar-refractivity contribution in [2.75, 3.05) is 13.3 Å². The lowest BCUT2D eigenvalue weighted by Gasteiger charge is -2.07. The molecule has 1 aromatic carbocycles. The maximum Gasteiger partial charge on any atom is 0.236 e. The van der Waals surface area contributed by atoms with Gasteiger partial charge in [0.15, 0.2) is 11.5 Å². The average Bonchev–Trinajstić information content (AvgIpc) is 3.37. The summed E-state index contributed by atoms with van der Waals surface area (Å²) in [5.74, 6) is 1.90. The van der Waals surface area contributed by atoms with E-state index >= 15 is 0 Å². The molecule has 144 valence electrons. The third kappa shape index (κ3) is 4.40. The molecule has 28 heavy (non-hydrogen) atoms. The van der Waals surface area contributed by atoms with E-state index in [1.165, 1.54) is 0 Å². The van der Waals surface area contributed by atoms with Gasteiger partial charge in [-0.25, -0.2) is 15.0 Å². The molecule has 1 amide bonds. The maximum atomic E-state index is 12.1. The Balaban J connectivity index is 1.27. The molecule has 4 rings (SSSR count). The Morgan fingerprint density at radius 1 is 1.18 bits per heavy atom. The highest BCUT2D eigenvalue weighted by atomic mass is 35.5. The second-order valence-corrected chi connectivity index (χ2v) is 6.63. The van der Waals surface area contributed by atoms with Crippen molar-refractivity contribution in [2.45, 2.75) is 19.3 Å². The van der Waals surface area contributed by atoms with Gasteiger partial charge in [0.25, 0.3) is 0 Å². The van der Waals surface area contributed by atoms with E-state index in [0.29, 0.717) is 42.6 Å². The predicted octanol–water partition coefficient (Wildman–Crippen LogP) is 2.34. The average molecular weight is 400 g/mol. The van der Waals surface area contributed by atoms with Crippen LogP contribution in [-0.2, 0) is 17.6 Å². The van der Waals surface area contributed by atoms with Crippen LogP contribution < -0.4 is 14.8 Å². The van der Waals surface area contributed by atoms with Gasteiger partial charge in [0.05, 0.1) is 0 Å². The molecule has 3 heterocycles. The molecule has 9 heteroatoms. The number of nitrogens with one attached hydrogen (secondary N) is 1. The Kier molecular flexibility index (Phi) is 5.38. The van der Waals surface area contributed by atoms with Crippen LogP contribution in [0.4, 0.5) is 0 Å². The van der Waals surface area contributed by atoms with Crippen LogP contribution in [0.5, 0.6) is 11.5 Å². The Morgan fingerprint density at radius 2 is 2.07 bits per heavy atom. The number of aromatic nitrogens is 4. The third-order valence-electron chi connectivity index (χ3n) is 4.25. The van der Waals surface area contributed by atoms with Crippen LogP contribution in [0.3, 0.4) is 0 Å². The third-order valence-corrected chi connectivity index (χ3v) is 4.45. The van der Waals surface area contributed by atoms with E-state index < -0.39 is 0 Å². The summed E-state index contributed by atoms with van der Waals surface area (Å²) in [5, 5.41) is 3.25. The first kappa shape index (κ1) is 18.2. The van der Waals surface area contributed by atoms with Crippen molar-refractivity contribution in [2.24, 2.45) is 0 Å². The number of halogens is 1. The van der Waals surface area contributed by atoms with E-state index in [4.69, 9.17) is 21.1 Å². The monoisotopic (exact) mass is 399 g/mol. The van der Waals surface area contributed by atoms with Crippen molar-refractivity contribution < 1.29 is 14.3 Å². The fourth-order valence-corrected chi connectivity index (χ4v) is 3.05. The molecule has 0 bridgehead atoms. The summed E-state index contributed by atoms with van der Waals surface area (Å²) in [7, 11) is 0. The summed E-state index contributed by atoms with van der Waals surface area (Å²) in [4.78, 5) is 24.7. The van der Waals surface area contributed by atoms with E-state index in [0.717, 1.165) is 17.1 Å². The number of rotatable bonds is 7. The zero-order valence-corrected chi connectivity index (χ0v) is 15.7. The molecule has 0 saturated heterocycles. The minimum absolute atomic E-state index is 0.0420.